The number of nitrogens with zero attached hydrogens (tertiary/aromatic N) is 1. The number of piperidine rings is 1. The molecule has 1 atom stereocenters. The van der Waals surface area contributed by atoms with Crippen LogP contribution in [0.25, 0.3) is 0 Å². The van der Waals surface area contributed by atoms with Crippen molar-refractivity contribution in [3.8, 4) is 0 Å². The summed E-state index contributed by atoms with van der Waals surface area (Å²) in [5, 5.41) is 3.41. The van der Waals surface area contributed by atoms with Gasteiger partial charge in [0.15, 0.2) is 0 Å². The molecular weight excluding hydrogens is 382 g/mol. The highest BCUT2D eigenvalue weighted by molar-refractivity contribution is 14.1. The largest absolute Gasteiger partial charge is 0.335 e. The molecule has 1 unspecified atom stereocenters. The topological polar surface area (TPSA) is 32.3 Å². The van der Waals surface area contributed by atoms with Crippen LogP contribution in [0.3, 0.4) is 0 Å². The lowest BCUT2D eigenvalue weighted by molar-refractivity contribution is 0.0703. The smallest absolute Gasteiger partial charge is 0.255 e. The first-order chi connectivity index (χ1) is 10.1. The molecule has 3 nitrogen and oxygen atoms in total. The van der Waals surface area contributed by atoms with Gasteiger partial charge in [0.2, 0.25) is 0 Å². The van der Waals surface area contributed by atoms with Crippen LogP contribution in [0.5, 0.6) is 0 Å². The van der Waals surface area contributed by atoms with Crippen LogP contribution >= 0.6 is 22.6 Å². The van der Waals surface area contributed by atoms with E-state index in [9.17, 15) is 9.18 Å². The molecule has 1 saturated heterocycles. The van der Waals surface area contributed by atoms with E-state index in [1.165, 1.54) is 25.0 Å². The van der Waals surface area contributed by atoms with Crippen LogP contribution < -0.4 is 5.32 Å². The minimum absolute atomic E-state index is 0.0625. The lowest BCUT2D eigenvalue weighted by Crippen LogP contribution is -2.42. The summed E-state index contributed by atoms with van der Waals surface area (Å²) in [6.07, 6.45) is 4.57. The van der Waals surface area contributed by atoms with Crippen LogP contribution in [0.15, 0.2) is 18.2 Å². The molecule has 21 heavy (non-hydrogen) atoms. The predicted molar refractivity (Wildman–Crippen MR) is 88.8 cm³/mol. The van der Waals surface area contributed by atoms with E-state index in [0.717, 1.165) is 32.5 Å². The van der Waals surface area contributed by atoms with Crippen LogP contribution in [-0.4, -0.2) is 36.5 Å². The van der Waals surface area contributed by atoms with Gasteiger partial charge in [-0.25, -0.2) is 4.39 Å². The van der Waals surface area contributed by atoms with Crippen LogP contribution in [0.1, 0.15) is 36.0 Å². The second-order valence-corrected chi connectivity index (χ2v) is 7.19. The van der Waals surface area contributed by atoms with Gasteiger partial charge < -0.3 is 10.2 Å². The molecule has 5 heteroatoms. The van der Waals surface area contributed by atoms with Gasteiger partial charge in [0.05, 0.1) is 5.56 Å². The Labute approximate surface area is 138 Å². The van der Waals surface area contributed by atoms with E-state index < -0.39 is 0 Å². The third-order valence-electron chi connectivity index (χ3n) is 4.26. The zero-order valence-corrected chi connectivity index (χ0v) is 14.1. The molecule has 2 aliphatic rings. The van der Waals surface area contributed by atoms with Crippen LogP contribution in [0, 0.1) is 15.3 Å². The van der Waals surface area contributed by atoms with Crippen molar-refractivity contribution in [1.29, 1.82) is 0 Å². The fourth-order valence-corrected chi connectivity index (χ4v) is 3.67. The second kappa shape index (κ2) is 6.60. The number of benzene rings is 1. The quantitative estimate of drug-likeness (QED) is 0.786. The molecule has 0 radical (unpaired) electrons. The fourth-order valence-electron chi connectivity index (χ4n) is 2.96. The molecule has 0 bridgehead atoms. The van der Waals surface area contributed by atoms with E-state index >= 15 is 0 Å². The summed E-state index contributed by atoms with van der Waals surface area (Å²) in [6.45, 7) is 2.91. The molecule has 1 saturated carbocycles. The summed E-state index contributed by atoms with van der Waals surface area (Å²) in [4.78, 5) is 14.8. The van der Waals surface area contributed by atoms with Crippen molar-refractivity contribution >= 4 is 28.5 Å². The van der Waals surface area contributed by atoms with E-state index in [-0.39, 0.29) is 11.7 Å². The van der Waals surface area contributed by atoms with E-state index in [0.29, 0.717) is 21.1 Å². The first-order valence-electron chi connectivity index (χ1n) is 7.62. The van der Waals surface area contributed by atoms with Gasteiger partial charge in [-0.1, -0.05) is 0 Å². The number of halogens is 2. The summed E-state index contributed by atoms with van der Waals surface area (Å²) in [6, 6.07) is 4.82. The number of amides is 1. The van der Waals surface area contributed by atoms with Gasteiger partial charge in [0, 0.05) is 16.2 Å². The van der Waals surface area contributed by atoms with Crippen LogP contribution in [-0.2, 0) is 0 Å². The maximum Gasteiger partial charge on any atom is 0.255 e. The van der Waals surface area contributed by atoms with Crippen molar-refractivity contribution in [2.45, 2.75) is 31.7 Å². The average Bonchev–Trinajstić information content (AvgIpc) is 3.30. The molecule has 1 heterocycles. The first-order valence-corrected chi connectivity index (χ1v) is 8.70. The number of rotatable bonds is 4. The molecule has 1 aromatic rings. The highest BCUT2D eigenvalue weighted by atomic mass is 127. The number of carbonyl (C=O) groups is 1. The zero-order chi connectivity index (χ0) is 14.8. The van der Waals surface area contributed by atoms with Crippen molar-refractivity contribution in [3.05, 3.63) is 33.1 Å². The lowest BCUT2D eigenvalue weighted by atomic mass is 9.98. The summed E-state index contributed by atoms with van der Waals surface area (Å²) >= 11 is 2.05. The predicted octanol–water partition coefficient (Wildman–Crippen LogP) is 3.03. The Balaban J connectivity index is 1.75. The summed E-state index contributed by atoms with van der Waals surface area (Å²) in [5.74, 6) is 0.319. The second-order valence-electron chi connectivity index (χ2n) is 6.03. The number of nitrogens with one attached hydrogen (secondary N) is 1. The average molecular weight is 402 g/mol. The number of hydrogen-bond donors (Lipinski definition) is 1. The van der Waals surface area contributed by atoms with E-state index in [1.807, 2.05) is 27.5 Å². The van der Waals surface area contributed by atoms with Crippen molar-refractivity contribution in [2.24, 2.45) is 5.92 Å². The molecule has 1 amide bonds. The monoisotopic (exact) mass is 402 g/mol. The normalized spacial score (nSPS) is 22.1. The summed E-state index contributed by atoms with van der Waals surface area (Å²) in [7, 11) is 0. The third kappa shape index (κ3) is 3.74. The van der Waals surface area contributed by atoms with Crippen molar-refractivity contribution < 1.29 is 9.18 Å². The Hall–Kier alpha value is -0.690. The van der Waals surface area contributed by atoms with Crippen molar-refractivity contribution in [1.82, 2.24) is 10.2 Å². The van der Waals surface area contributed by atoms with Gasteiger partial charge in [-0.15, -0.1) is 0 Å². The fraction of sp³-hybridized carbons (Fsp3) is 0.562. The standard InChI is InChI=1S/C16H20FIN2O/c17-12-3-6-14(15(18)8-12)16(21)20(13-4-5-13)10-11-2-1-7-19-9-11/h3,6,8,11,13,19H,1-2,4-5,7,9-10H2. The molecule has 1 aromatic carbocycles. The Morgan fingerprint density at radius 1 is 1.38 bits per heavy atom. The van der Waals surface area contributed by atoms with Crippen LogP contribution in [0.2, 0.25) is 0 Å². The maximum absolute atomic E-state index is 13.2. The SMILES string of the molecule is O=C(c1ccc(F)cc1I)N(CC1CCCNC1)C1CC1. The molecule has 0 spiro atoms. The van der Waals surface area contributed by atoms with Gasteiger partial charge in [-0.05, 0) is 85.5 Å². The molecule has 2 fully saturated rings. The van der Waals surface area contributed by atoms with E-state index in [4.69, 9.17) is 0 Å². The summed E-state index contributed by atoms with van der Waals surface area (Å²) < 4.78 is 13.9. The minimum Gasteiger partial charge on any atom is -0.335 e. The highest BCUT2D eigenvalue weighted by Gasteiger charge is 2.35. The summed E-state index contributed by atoms with van der Waals surface area (Å²) in [5.41, 5.74) is 0.632. The van der Waals surface area contributed by atoms with E-state index in [2.05, 4.69) is 5.32 Å². The minimum atomic E-state index is -0.287. The number of hydrogen-bond acceptors (Lipinski definition) is 2. The van der Waals surface area contributed by atoms with Crippen molar-refractivity contribution in [3.63, 3.8) is 0 Å². The molecule has 1 aliphatic heterocycles. The lowest BCUT2D eigenvalue weighted by Gasteiger charge is -2.30. The third-order valence-corrected chi connectivity index (χ3v) is 5.16. The maximum atomic E-state index is 13.2. The van der Waals surface area contributed by atoms with E-state index in [1.54, 1.807) is 6.07 Å². The van der Waals surface area contributed by atoms with Gasteiger partial charge in [-0.3, -0.25) is 4.79 Å². The van der Waals surface area contributed by atoms with Crippen LogP contribution in [0.4, 0.5) is 4.39 Å². The van der Waals surface area contributed by atoms with Gasteiger partial charge in [-0.2, -0.15) is 0 Å². The highest BCUT2D eigenvalue weighted by Crippen LogP contribution is 2.31. The molecule has 3 rings (SSSR count). The molecule has 1 aliphatic carbocycles. The van der Waals surface area contributed by atoms with Gasteiger partial charge in [0.1, 0.15) is 5.82 Å². The van der Waals surface area contributed by atoms with Gasteiger partial charge >= 0.3 is 0 Å². The molecular formula is C16H20FIN2O. The molecule has 1 N–H and O–H groups in total. The Morgan fingerprint density at radius 3 is 2.81 bits per heavy atom. The molecule has 114 valence electrons. The molecule has 0 aromatic heterocycles. The van der Waals surface area contributed by atoms with Gasteiger partial charge in [0.25, 0.3) is 5.91 Å². The Bertz CT molecular complexity index is 527. The first kappa shape index (κ1) is 15.2. The zero-order valence-electron chi connectivity index (χ0n) is 11.9. The van der Waals surface area contributed by atoms with Crippen molar-refractivity contribution in [2.75, 3.05) is 19.6 Å². The Kier molecular flexibility index (Phi) is 4.78. The number of carbonyl (C=O) groups excluding carboxylic acids is 1. The Morgan fingerprint density at radius 2 is 2.19 bits per heavy atom.